The lowest BCUT2D eigenvalue weighted by atomic mass is 9.88. The number of hydrogen-bond acceptors (Lipinski definition) is 2. The highest BCUT2D eigenvalue weighted by Crippen LogP contribution is 2.42. The second kappa shape index (κ2) is 7.88. The van der Waals surface area contributed by atoms with Gasteiger partial charge in [-0.3, -0.25) is 4.79 Å². The maximum absolute atomic E-state index is 13.5. The minimum absolute atomic E-state index is 0. The molecule has 2 fully saturated rings. The lowest BCUT2D eigenvalue weighted by Gasteiger charge is -2.44. The predicted octanol–water partition coefficient (Wildman–Crippen LogP) is 1.23. The fourth-order valence-corrected chi connectivity index (χ4v) is 5.94. The van der Waals surface area contributed by atoms with Crippen LogP contribution in [0.15, 0.2) is 48.5 Å². The third-order valence-corrected chi connectivity index (χ3v) is 7.70. The number of hydrogen-bond donors (Lipinski definition) is 0. The minimum atomic E-state index is -0.294. The van der Waals surface area contributed by atoms with Crippen LogP contribution in [0, 0.1) is 0 Å². The number of benzene rings is 2. The molecule has 3 aliphatic rings. The molecule has 0 aromatic heterocycles. The average molecular weight is 456 g/mol. The molecule has 3 atom stereocenters. The van der Waals surface area contributed by atoms with Crippen molar-refractivity contribution in [2.45, 2.75) is 62.6 Å². The second-order valence-electron chi connectivity index (χ2n) is 9.38. The molecule has 0 spiro atoms. The molecule has 3 nitrogen and oxygen atoms in total. The summed E-state index contributed by atoms with van der Waals surface area (Å²) in [6, 6.07) is 18.1. The van der Waals surface area contributed by atoms with E-state index in [-0.39, 0.29) is 35.0 Å². The summed E-state index contributed by atoms with van der Waals surface area (Å²) in [5.74, 6) is -0.351. The van der Waals surface area contributed by atoms with Crippen LogP contribution in [0.25, 0.3) is 0 Å². The Kier molecular flexibility index (Phi) is 5.60. The van der Waals surface area contributed by atoms with Crippen molar-refractivity contribution >= 4 is 5.97 Å². The number of halogens is 1. The van der Waals surface area contributed by atoms with Gasteiger partial charge in [-0.2, -0.15) is 0 Å². The van der Waals surface area contributed by atoms with E-state index in [0.29, 0.717) is 12.1 Å². The summed E-state index contributed by atoms with van der Waals surface area (Å²) in [4.78, 5) is 13.5. The van der Waals surface area contributed by atoms with Gasteiger partial charge in [-0.15, -0.1) is 0 Å². The summed E-state index contributed by atoms with van der Waals surface area (Å²) < 4.78 is 7.33. The van der Waals surface area contributed by atoms with E-state index in [1.807, 2.05) is 12.1 Å². The molecule has 4 heteroatoms. The number of carbonyl (C=O) groups is 1. The Balaban J connectivity index is 0.00000205. The zero-order valence-corrected chi connectivity index (χ0v) is 18.9. The Morgan fingerprint density at radius 1 is 0.862 bits per heavy atom. The van der Waals surface area contributed by atoms with E-state index in [4.69, 9.17) is 4.74 Å². The van der Waals surface area contributed by atoms with E-state index in [1.54, 1.807) is 0 Å². The molecule has 0 amide bonds. The van der Waals surface area contributed by atoms with E-state index in [9.17, 15) is 4.79 Å². The van der Waals surface area contributed by atoms with Crippen LogP contribution in [-0.2, 0) is 22.4 Å². The molecule has 5 rings (SSSR count). The van der Waals surface area contributed by atoms with E-state index in [1.165, 1.54) is 24.0 Å². The average Bonchev–Trinajstić information content (AvgIpc) is 2.88. The molecule has 2 aromatic rings. The van der Waals surface area contributed by atoms with E-state index < -0.39 is 0 Å². The van der Waals surface area contributed by atoms with Gasteiger partial charge in [0, 0.05) is 25.7 Å². The van der Waals surface area contributed by atoms with Gasteiger partial charge in [0.15, 0.2) is 0 Å². The van der Waals surface area contributed by atoms with Crippen LogP contribution in [0.4, 0.5) is 0 Å². The molecule has 0 saturated carbocycles. The lowest BCUT2D eigenvalue weighted by Crippen LogP contribution is -3.00. The lowest BCUT2D eigenvalue weighted by molar-refractivity contribution is -0.931. The molecular formula is C25H30BrNO2. The Hall–Kier alpha value is -1.65. The summed E-state index contributed by atoms with van der Waals surface area (Å²) in [6.07, 6.45) is 6.57. The standard InChI is InChI=1S/C25H30NO2.BrH/c1-26(2)19-13-14-20(26)16-21(15-19)28-25(27)24-22-9-5-3-7-17(22)11-12-18-8-4-6-10-23(18)24;/h3-10,19-21,24H,11-16H2,1-2H3;1H/q+1;/p-1/t19-,20+,21?;. The largest absolute Gasteiger partial charge is 1.00 e. The van der Waals surface area contributed by atoms with Crippen molar-refractivity contribution in [3.8, 4) is 0 Å². The van der Waals surface area contributed by atoms with Gasteiger partial charge < -0.3 is 26.2 Å². The number of carbonyl (C=O) groups excluding carboxylic acids is 1. The number of fused-ring (bicyclic) bond motifs is 4. The van der Waals surface area contributed by atoms with E-state index >= 15 is 0 Å². The van der Waals surface area contributed by atoms with E-state index in [2.05, 4.69) is 50.5 Å². The molecule has 29 heavy (non-hydrogen) atoms. The van der Waals surface area contributed by atoms with Gasteiger partial charge in [0.05, 0.1) is 26.2 Å². The summed E-state index contributed by atoms with van der Waals surface area (Å²) in [7, 11) is 4.69. The van der Waals surface area contributed by atoms with Crippen molar-refractivity contribution in [1.82, 2.24) is 0 Å². The first-order valence-electron chi connectivity index (χ1n) is 10.7. The van der Waals surface area contributed by atoms with E-state index in [0.717, 1.165) is 41.3 Å². The number of quaternary nitrogens is 1. The molecule has 2 bridgehead atoms. The van der Waals surface area contributed by atoms with Crippen LogP contribution in [0.3, 0.4) is 0 Å². The number of aryl methyl sites for hydroxylation is 2. The molecular weight excluding hydrogens is 426 g/mol. The summed E-state index contributed by atoms with van der Waals surface area (Å²) in [5, 5.41) is 0. The normalized spacial score (nSPS) is 27.2. The van der Waals surface area contributed by atoms with Crippen LogP contribution in [0.5, 0.6) is 0 Å². The fourth-order valence-electron chi connectivity index (χ4n) is 5.94. The van der Waals surface area contributed by atoms with Gasteiger partial charge in [-0.1, -0.05) is 48.5 Å². The fraction of sp³-hybridized carbons (Fsp3) is 0.480. The first-order chi connectivity index (χ1) is 13.5. The Bertz CT molecular complexity index is 846. The first kappa shape index (κ1) is 20.6. The maximum atomic E-state index is 13.5. The number of nitrogens with zero attached hydrogens (tertiary/aromatic N) is 1. The third kappa shape index (κ3) is 3.55. The molecule has 2 aromatic carbocycles. The van der Waals surface area contributed by atoms with Crippen molar-refractivity contribution < 1.29 is 31.0 Å². The van der Waals surface area contributed by atoms with Gasteiger partial charge in [0.25, 0.3) is 0 Å². The molecule has 154 valence electrons. The molecule has 2 aliphatic heterocycles. The Morgan fingerprint density at radius 3 is 1.86 bits per heavy atom. The summed E-state index contributed by atoms with van der Waals surface area (Å²) in [6.45, 7) is 0. The highest BCUT2D eigenvalue weighted by molar-refractivity contribution is 5.83. The van der Waals surface area contributed by atoms with Crippen molar-refractivity contribution in [2.75, 3.05) is 14.1 Å². The molecule has 0 radical (unpaired) electrons. The van der Waals surface area contributed by atoms with Crippen LogP contribution >= 0.6 is 0 Å². The van der Waals surface area contributed by atoms with Gasteiger partial charge in [0.1, 0.15) is 12.0 Å². The number of esters is 1. The zero-order chi connectivity index (χ0) is 19.3. The van der Waals surface area contributed by atoms with Crippen molar-refractivity contribution in [2.24, 2.45) is 0 Å². The molecule has 1 unspecified atom stereocenters. The van der Waals surface area contributed by atoms with Gasteiger partial charge in [-0.25, -0.2) is 0 Å². The van der Waals surface area contributed by atoms with Crippen LogP contribution in [0.2, 0.25) is 0 Å². The molecule has 1 aliphatic carbocycles. The number of piperidine rings is 1. The van der Waals surface area contributed by atoms with Crippen LogP contribution < -0.4 is 17.0 Å². The quantitative estimate of drug-likeness (QED) is 0.502. The summed E-state index contributed by atoms with van der Waals surface area (Å²) >= 11 is 0. The first-order valence-corrected chi connectivity index (χ1v) is 10.7. The Labute approximate surface area is 184 Å². The van der Waals surface area contributed by atoms with Gasteiger partial charge in [0.2, 0.25) is 0 Å². The number of rotatable bonds is 2. The van der Waals surface area contributed by atoms with Gasteiger partial charge in [-0.05, 0) is 35.1 Å². The number of ether oxygens (including phenoxy) is 1. The Morgan fingerprint density at radius 2 is 1.34 bits per heavy atom. The smallest absolute Gasteiger partial charge is 0.318 e. The monoisotopic (exact) mass is 455 g/mol. The van der Waals surface area contributed by atoms with Crippen molar-refractivity contribution in [1.29, 1.82) is 0 Å². The van der Waals surface area contributed by atoms with Gasteiger partial charge >= 0.3 is 5.97 Å². The highest BCUT2D eigenvalue weighted by Gasteiger charge is 2.50. The van der Waals surface area contributed by atoms with Crippen LogP contribution in [-0.4, -0.2) is 42.7 Å². The predicted molar refractivity (Wildman–Crippen MR) is 110 cm³/mol. The summed E-state index contributed by atoms with van der Waals surface area (Å²) in [5.41, 5.74) is 4.82. The maximum Gasteiger partial charge on any atom is 0.318 e. The van der Waals surface area contributed by atoms with Crippen LogP contribution in [0.1, 0.15) is 53.9 Å². The third-order valence-electron chi connectivity index (χ3n) is 7.70. The highest BCUT2D eigenvalue weighted by atomic mass is 79.9. The van der Waals surface area contributed by atoms with Crippen molar-refractivity contribution in [3.05, 3.63) is 70.8 Å². The zero-order valence-electron chi connectivity index (χ0n) is 17.3. The van der Waals surface area contributed by atoms with Crippen molar-refractivity contribution in [3.63, 3.8) is 0 Å². The topological polar surface area (TPSA) is 26.3 Å². The second-order valence-corrected chi connectivity index (χ2v) is 9.38. The minimum Gasteiger partial charge on any atom is -1.00 e. The molecule has 0 N–H and O–H groups in total. The SMILES string of the molecule is C[N+]1(C)[C@@H]2CC[C@H]1CC(OC(=O)C1c3ccccc3CCc3ccccc31)C2.[Br-]. The molecule has 2 heterocycles. The molecule has 2 saturated heterocycles.